The molecule has 0 aliphatic carbocycles. The second-order valence-corrected chi connectivity index (χ2v) is 19.6. The molecule has 10 heteroatoms. The van der Waals surface area contributed by atoms with Gasteiger partial charge in [0.1, 0.15) is 0 Å². The van der Waals surface area contributed by atoms with Crippen molar-refractivity contribution in [1.82, 2.24) is 0 Å². The monoisotopic (exact) mass is 1170 g/mol. The fraction of sp³-hybridized carbons (Fsp3) is 0.520. The van der Waals surface area contributed by atoms with Gasteiger partial charge in [0, 0.05) is 60.6 Å². The summed E-state index contributed by atoms with van der Waals surface area (Å²) in [6, 6.07) is 52.0. The third-order valence-corrected chi connectivity index (χ3v) is 14.0. The largest absolute Gasteiger partial charge is 0.353 e. The maximum Gasteiger partial charge on any atom is 0.158 e. The van der Waals surface area contributed by atoms with Gasteiger partial charge in [-0.15, -0.1) is 0 Å². The molecule has 10 rings (SSSR count). The Morgan fingerprint density at radius 3 is 0.682 bits per heavy atom. The summed E-state index contributed by atoms with van der Waals surface area (Å²) in [7, 11) is 0. The molecule has 4 fully saturated rings. The molecule has 0 bridgehead atoms. The summed E-state index contributed by atoms with van der Waals surface area (Å²) in [6.07, 6.45) is 13.9. The first-order chi connectivity index (χ1) is 42.0. The second-order valence-electron chi connectivity index (χ2n) is 19.6. The van der Waals surface area contributed by atoms with Crippen LogP contribution in [0.15, 0.2) is 146 Å². The Bertz CT molecular complexity index is 2350. The number of anilines is 6. The molecule has 0 aromatic heterocycles. The number of nitrogens with zero attached hydrogens (tertiary/aromatic N) is 2. The number of rotatable bonds is 19. The summed E-state index contributed by atoms with van der Waals surface area (Å²) < 4.78 is 46.8. The molecule has 4 aliphatic heterocycles. The third kappa shape index (κ3) is 26.2. The van der Waals surface area contributed by atoms with E-state index in [2.05, 4.69) is 169 Å². The Morgan fingerprint density at radius 1 is 0.294 bits per heavy atom. The molecule has 0 amide bonds. The van der Waals surface area contributed by atoms with Crippen LogP contribution in [0.3, 0.4) is 0 Å². The van der Waals surface area contributed by atoms with Crippen molar-refractivity contribution < 1.29 is 37.9 Å². The number of hydrogen-bond donors (Lipinski definition) is 0. The molecule has 470 valence electrons. The minimum absolute atomic E-state index is 0.0744. The molecule has 10 nitrogen and oxygen atoms in total. The summed E-state index contributed by atoms with van der Waals surface area (Å²) in [5.74, 6) is 0. The van der Waals surface area contributed by atoms with Gasteiger partial charge in [0.05, 0.1) is 26.4 Å². The average molecular weight is 1170 g/mol. The van der Waals surface area contributed by atoms with Crippen molar-refractivity contribution in [1.29, 1.82) is 0 Å². The Hall–Kier alpha value is -5.40. The van der Waals surface area contributed by atoms with Crippen LogP contribution >= 0.6 is 0 Å². The normalized spacial score (nSPS) is 17.7. The lowest BCUT2D eigenvalue weighted by Gasteiger charge is -2.26. The molecule has 0 N–H and O–H groups in total. The van der Waals surface area contributed by atoms with E-state index in [9.17, 15) is 0 Å². The first-order valence-corrected chi connectivity index (χ1v) is 33.1. The molecule has 4 heterocycles. The first kappa shape index (κ1) is 73.9. The molecular weight excluding hydrogens is 1060 g/mol. The van der Waals surface area contributed by atoms with Crippen LogP contribution in [0.25, 0.3) is 0 Å². The van der Waals surface area contributed by atoms with Crippen molar-refractivity contribution in [2.45, 2.75) is 232 Å². The number of benzene rings is 6. The van der Waals surface area contributed by atoms with Crippen LogP contribution in [0.1, 0.15) is 200 Å². The molecule has 4 saturated heterocycles. The first-order valence-electron chi connectivity index (χ1n) is 33.1. The third-order valence-electron chi connectivity index (χ3n) is 14.0. The maximum absolute atomic E-state index is 5.99. The van der Waals surface area contributed by atoms with Crippen LogP contribution in [0.4, 0.5) is 34.1 Å². The van der Waals surface area contributed by atoms with Crippen LogP contribution < -0.4 is 9.80 Å². The van der Waals surface area contributed by atoms with E-state index in [4.69, 9.17) is 37.9 Å². The Balaban J connectivity index is 0.000000379. The van der Waals surface area contributed by atoms with Crippen molar-refractivity contribution in [3.05, 3.63) is 179 Å². The fourth-order valence-electron chi connectivity index (χ4n) is 9.56. The van der Waals surface area contributed by atoms with Crippen molar-refractivity contribution >= 4 is 34.1 Å². The van der Waals surface area contributed by atoms with E-state index < -0.39 is 0 Å². The molecule has 0 saturated carbocycles. The number of hydrogen-bond acceptors (Lipinski definition) is 10. The topological polar surface area (TPSA) is 80.3 Å². The molecule has 4 atom stereocenters. The second kappa shape index (κ2) is 45.9. The van der Waals surface area contributed by atoms with Crippen LogP contribution in [0.5, 0.6) is 0 Å². The van der Waals surface area contributed by atoms with Crippen molar-refractivity contribution in [3.63, 3.8) is 0 Å². The highest BCUT2D eigenvalue weighted by Gasteiger charge is 2.20. The zero-order valence-electron chi connectivity index (χ0n) is 55.2. The van der Waals surface area contributed by atoms with Crippen LogP contribution in [-0.4, -0.2) is 51.6 Å². The van der Waals surface area contributed by atoms with Gasteiger partial charge in [-0.05, 0) is 191 Å². The summed E-state index contributed by atoms with van der Waals surface area (Å²) >= 11 is 0. The standard InChI is InChI=1S/C32H39NO4.C31H37NO4.6C2H6/c1-2-25-9-15-28(16-10-25)33(29-17-11-26(12-18-29)23-36-31-7-3-5-21-34-31)30-19-13-27(14-20-30)24-37-32-8-4-6-22-35-32;1-24-8-14-27(15-9-24)32(28-16-10-25(11-17-28)22-35-30-6-2-4-20-33-30)29-18-12-26(13-19-29)23-36-31-7-3-5-21-34-31;6*1-2/h9-20,31-32H,2-8,21-24H2,1H3;8-19,30-31H,2-7,20-23H2,1H3;6*1-2H3. The van der Waals surface area contributed by atoms with E-state index >= 15 is 0 Å². The van der Waals surface area contributed by atoms with Crippen molar-refractivity contribution in [2.75, 3.05) is 36.2 Å². The Kier molecular flexibility index (Phi) is 39.8. The minimum Gasteiger partial charge on any atom is -0.353 e. The predicted octanol–water partition coefficient (Wildman–Crippen LogP) is 21.5. The fourth-order valence-corrected chi connectivity index (χ4v) is 9.56. The highest BCUT2D eigenvalue weighted by molar-refractivity contribution is 5.78. The van der Waals surface area contributed by atoms with Crippen molar-refractivity contribution in [3.8, 4) is 0 Å². The smallest absolute Gasteiger partial charge is 0.158 e. The molecule has 6 aromatic carbocycles. The van der Waals surface area contributed by atoms with Gasteiger partial charge in [0.2, 0.25) is 0 Å². The van der Waals surface area contributed by atoms with E-state index in [0.717, 1.165) is 141 Å². The van der Waals surface area contributed by atoms with E-state index in [1.54, 1.807) is 0 Å². The lowest BCUT2D eigenvalue weighted by molar-refractivity contribution is -0.169. The van der Waals surface area contributed by atoms with E-state index in [1.807, 2.05) is 83.1 Å². The zero-order valence-corrected chi connectivity index (χ0v) is 55.2. The average Bonchev–Trinajstić information content (AvgIpc) is 3.78. The minimum atomic E-state index is -0.0748. The molecule has 4 aliphatic rings. The van der Waals surface area contributed by atoms with E-state index in [1.165, 1.54) is 36.8 Å². The quantitative estimate of drug-likeness (QED) is 0.0782. The molecule has 85 heavy (non-hydrogen) atoms. The Labute approximate surface area is 516 Å². The van der Waals surface area contributed by atoms with Crippen LogP contribution in [0.2, 0.25) is 0 Å². The van der Waals surface area contributed by atoms with Gasteiger partial charge in [0.25, 0.3) is 0 Å². The van der Waals surface area contributed by atoms with Gasteiger partial charge in [-0.3, -0.25) is 0 Å². The van der Waals surface area contributed by atoms with Gasteiger partial charge >= 0.3 is 0 Å². The highest BCUT2D eigenvalue weighted by atomic mass is 16.7. The van der Waals surface area contributed by atoms with Gasteiger partial charge in [-0.2, -0.15) is 0 Å². The van der Waals surface area contributed by atoms with Gasteiger partial charge in [-0.25, -0.2) is 0 Å². The zero-order chi connectivity index (χ0) is 61.9. The summed E-state index contributed by atoms with van der Waals surface area (Å²) in [4.78, 5) is 4.58. The Morgan fingerprint density at radius 2 is 0.494 bits per heavy atom. The number of ether oxygens (including phenoxy) is 8. The summed E-state index contributed by atoms with van der Waals surface area (Å²) in [5.41, 5.74) is 13.9. The predicted molar refractivity (Wildman–Crippen MR) is 358 cm³/mol. The molecule has 4 unspecified atom stereocenters. The van der Waals surface area contributed by atoms with Crippen LogP contribution in [-0.2, 0) is 70.7 Å². The lowest BCUT2D eigenvalue weighted by atomic mass is 10.1. The van der Waals surface area contributed by atoms with Gasteiger partial charge in [-0.1, -0.05) is 168 Å². The maximum atomic E-state index is 5.99. The van der Waals surface area contributed by atoms with Gasteiger partial charge in [0.15, 0.2) is 25.2 Å². The van der Waals surface area contributed by atoms with Gasteiger partial charge < -0.3 is 47.7 Å². The molecule has 6 aromatic rings. The number of aryl methyl sites for hydroxylation is 2. The molecule has 0 radical (unpaired) electrons. The van der Waals surface area contributed by atoms with E-state index in [-0.39, 0.29) is 25.2 Å². The van der Waals surface area contributed by atoms with Crippen molar-refractivity contribution in [2.24, 2.45) is 0 Å². The summed E-state index contributed by atoms with van der Waals surface area (Å²) in [5, 5.41) is 0. The summed E-state index contributed by atoms with van der Waals surface area (Å²) in [6.45, 7) is 33.8. The lowest BCUT2D eigenvalue weighted by Crippen LogP contribution is -2.22. The SMILES string of the molecule is CC.CC.CC.CC.CC.CC.CCc1ccc(N(c2ccc(COC3CCCCO3)cc2)c2ccc(COC3CCCCO3)cc2)cc1.Cc1ccc(N(c2ccc(COC3CCCCO3)cc2)c2ccc(COC3CCCCO3)cc2)cc1. The van der Waals surface area contributed by atoms with E-state index in [0.29, 0.717) is 26.4 Å². The van der Waals surface area contributed by atoms with Crippen LogP contribution in [0, 0.1) is 6.92 Å². The molecule has 0 spiro atoms. The highest BCUT2D eigenvalue weighted by Crippen LogP contribution is 2.37. The molecular formula is C75H112N2O8.